The predicted octanol–water partition coefficient (Wildman–Crippen LogP) is 35.2. The van der Waals surface area contributed by atoms with Crippen molar-refractivity contribution in [2.45, 2.75) is 104 Å². The van der Waals surface area contributed by atoms with Gasteiger partial charge in [0, 0.05) is 74.1 Å². The second-order valence-corrected chi connectivity index (χ2v) is 37.3. The fourth-order valence-electron chi connectivity index (χ4n) is 21.6. The molecule has 0 aliphatic carbocycles. The smallest absolute Gasteiger partial charge is 0.316 e. The summed E-state index contributed by atoms with van der Waals surface area (Å²) in [6.07, 6.45) is 9.28. The van der Waals surface area contributed by atoms with Crippen LogP contribution in [0.1, 0.15) is 83.5 Å². The van der Waals surface area contributed by atoms with Crippen molar-refractivity contribution in [2.75, 3.05) is 24.5 Å². The molecule has 141 heavy (non-hydrogen) atoms. The van der Waals surface area contributed by atoms with E-state index in [9.17, 15) is 0 Å². The van der Waals surface area contributed by atoms with Gasteiger partial charge >= 0.3 is 5.95 Å². The van der Waals surface area contributed by atoms with Crippen LogP contribution in [-0.2, 0) is 0 Å². The molecule has 12 heterocycles. The van der Waals surface area contributed by atoms with E-state index in [1.54, 1.807) is 6.20 Å². The molecular weight excluding hydrogens is 1740 g/mol. The van der Waals surface area contributed by atoms with E-state index in [4.69, 9.17) is 52.5 Å². The van der Waals surface area contributed by atoms with Gasteiger partial charge in [-0.15, -0.1) is 0 Å². The van der Waals surface area contributed by atoms with Crippen LogP contribution >= 0.6 is 0 Å². The number of rotatable bonds is 5. The molecule has 0 saturated carbocycles. The Kier molecular flexibility index (Phi) is 21.8. The molecule has 0 atom stereocenters. The zero-order valence-corrected chi connectivity index (χ0v) is 81.1. The van der Waals surface area contributed by atoms with E-state index in [1.165, 1.54) is 106 Å². The van der Waals surface area contributed by atoms with Crippen LogP contribution in [0.5, 0.6) is 57.8 Å². The number of ether oxygens (including phenoxy) is 5. The zero-order valence-electron chi connectivity index (χ0n) is 81.1. The minimum Gasteiger partial charge on any atom is -0.453 e. The minimum atomic E-state index is 0.546. The van der Waals surface area contributed by atoms with Gasteiger partial charge in [-0.2, -0.15) is 0 Å². The highest BCUT2D eigenvalue weighted by atomic mass is 16.6. The number of hydrogen-bond acceptors (Lipinski definition) is 17. The average molecular weight is 1840 g/mol. The van der Waals surface area contributed by atoms with Gasteiger partial charge in [0.25, 0.3) is 0 Å². The average Bonchev–Trinajstić information content (AvgIpc) is 1.65. The zero-order chi connectivity index (χ0) is 96.4. The van der Waals surface area contributed by atoms with Crippen LogP contribution in [-0.4, -0.2) is 24.9 Å². The van der Waals surface area contributed by atoms with E-state index in [1.807, 2.05) is 164 Å². The van der Waals surface area contributed by atoms with Gasteiger partial charge in [0.15, 0.2) is 57.6 Å². The molecule has 688 valence electrons. The number of aryl methyl sites for hydroxylation is 15. The van der Waals surface area contributed by atoms with Crippen molar-refractivity contribution in [3.8, 4) is 57.8 Å². The highest BCUT2D eigenvalue weighted by Crippen LogP contribution is 2.62. The maximum atomic E-state index is 6.59. The van der Waals surface area contributed by atoms with Crippen molar-refractivity contribution < 1.29 is 32.5 Å². The van der Waals surface area contributed by atoms with Gasteiger partial charge in [-0.25, -0.2) is 15.0 Å². The van der Waals surface area contributed by atoms with Gasteiger partial charge in [-0.3, -0.25) is 29.6 Å². The summed E-state index contributed by atoms with van der Waals surface area (Å²) < 4.78 is 43.9. The van der Waals surface area contributed by atoms with Gasteiger partial charge in [0.1, 0.15) is 33.9 Å². The Morgan fingerprint density at radius 3 is 1.09 bits per heavy atom. The largest absolute Gasteiger partial charge is 0.453 e. The Balaban J connectivity index is 0.0000000984. The van der Waals surface area contributed by atoms with Crippen molar-refractivity contribution in [3.63, 3.8) is 0 Å². The molecule has 0 unspecified atom stereocenters. The molecule has 0 radical (unpaired) electrons. The van der Waals surface area contributed by atoms with Gasteiger partial charge in [0.2, 0.25) is 11.8 Å². The third-order valence-corrected chi connectivity index (χ3v) is 26.9. The molecule has 0 N–H and O–H groups in total. The van der Waals surface area contributed by atoms with E-state index in [-0.39, 0.29) is 0 Å². The Labute approximate surface area is 818 Å². The van der Waals surface area contributed by atoms with Gasteiger partial charge in [-0.05, 0) is 268 Å². The highest BCUT2D eigenvalue weighted by Gasteiger charge is 2.40. The van der Waals surface area contributed by atoms with Gasteiger partial charge in [-0.1, -0.05) is 228 Å². The Bertz CT molecular complexity index is 8590. The van der Waals surface area contributed by atoms with Crippen LogP contribution < -0.4 is 48.2 Å². The van der Waals surface area contributed by atoms with Gasteiger partial charge in [0.05, 0.1) is 61.9 Å². The number of fused-ring (bicyclic) bond motifs is 24. The van der Waals surface area contributed by atoms with Crippen LogP contribution in [0.4, 0.5) is 85.8 Å². The molecule has 0 fully saturated rings. The first-order chi connectivity index (χ1) is 68.6. The summed E-state index contributed by atoms with van der Waals surface area (Å²) in [5.74, 6) is 9.84. The van der Waals surface area contributed by atoms with Crippen LogP contribution in [0.25, 0.3) is 76.1 Å². The van der Waals surface area contributed by atoms with E-state index in [0.717, 1.165) is 186 Å². The van der Waals surface area contributed by atoms with Crippen molar-refractivity contribution in [3.05, 3.63) is 418 Å². The van der Waals surface area contributed by atoms with Crippen molar-refractivity contribution in [2.24, 2.45) is 0 Å². The minimum absolute atomic E-state index is 0.546. The lowest BCUT2D eigenvalue weighted by Gasteiger charge is -2.35. The summed E-state index contributed by atoms with van der Waals surface area (Å²) >= 11 is 0. The Morgan fingerprint density at radius 1 is 0.213 bits per heavy atom. The first kappa shape index (κ1) is 87.5. The van der Waals surface area contributed by atoms with Crippen LogP contribution in [0.3, 0.4) is 0 Å². The summed E-state index contributed by atoms with van der Waals surface area (Å²) in [6, 6.07) is 104. The topological polar surface area (TPSA) is 153 Å². The molecule has 5 aliphatic heterocycles. The molecule has 0 amide bonds. The second-order valence-electron chi connectivity index (χ2n) is 37.3. The number of benzene rings is 15. The summed E-state index contributed by atoms with van der Waals surface area (Å²) in [4.78, 5) is 35.0. The van der Waals surface area contributed by atoms with Gasteiger partial charge < -0.3 is 37.4 Å². The number of hydrogen-bond donors (Lipinski definition) is 0. The number of anilines is 15. The lowest BCUT2D eigenvalue weighted by Crippen LogP contribution is -2.20. The molecule has 27 rings (SSSR count). The number of furan rings is 2. The van der Waals surface area contributed by atoms with E-state index in [2.05, 4.69) is 297 Å². The monoisotopic (exact) mass is 1840 g/mol. The predicted molar refractivity (Wildman–Crippen MR) is 573 cm³/mol. The maximum Gasteiger partial charge on any atom is 0.316 e. The fraction of sp³-hybridized carbons (Fsp3) is 0.121. The van der Waals surface area contributed by atoms with Crippen LogP contribution in [0.15, 0.2) is 343 Å². The molecule has 0 saturated heterocycles. The molecule has 0 spiro atoms. The van der Waals surface area contributed by atoms with Crippen molar-refractivity contribution in [1.29, 1.82) is 0 Å². The number of aromatic nitrogens is 5. The molecule has 22 aromatic rings. The molecule has 7 aromatic heterocycles. The number of pyridine rings is 5. The lowest BCUT2D eigenvalue weighted by molar-refractivity contribution is 0.357. The third-order valence-electron chi connectivity index (χ3n) is 26.9. The molecular formula is C124H100N10O7. The number of nitrogens with zero attached hydrogens (tertiary/aromatic N) is 10. The summed E-state index contributed by atoms with van der Waals surface area (Å²) in [5, 5.41) is 10.7. The highest BCUT2D eigenvalue weighted by molar-refractivity contribution is 6.11. The standard InChI is InChI=1S/2C27H21N3O.C24H20N2O.2C23H19NO2/c1-16-14-17(2)25(18(3)15-16)30-26-21(10-8-19-6-4-12-28-23(19)26)31-22-11-9-20-7-5-13-29-24(20)27(22)30;1-16-12-17(2)23(18(3)13-16)30-26-24(21-10-6-4-8-19(21)14-28-26)31-25-22-11-7-5-9-20(22)15-29-27(25)30;1-15-13-16(2)22(17(3)14-15)26-20-9-6-12-25-24(20)27-21-11-10-18-7-4-5-8-19(18)23(21)26;1-14-12-15(2)21(16(3)13-14)24-18-9-5-7-11-20(18)25-22-17-8-4-6-10-19(17)26-23(22)24;1-14-12-15(2)21(16(3)13-14)24-18-9-5-7-11-20(18)26-23-22(24)17-8-4-6-10-19(17)25-23/h2*4-15H,1-3H3;4-14H,1-3H3;2*4-13H,1-3H3. The quantitative estimate of drug-likeness (QED) is 0.160. The summed E-state index contributed by atoms with van der Waals surface area (Å²) in [6.45, 7) is 32.3. The Morgan fingerprint density at radius 2 is 0.574 bits per heavy atom. The molecule has 0 bridgehead atoms. The van der Waals surface area contributed by atoms with Crippen LogP contribution in [0, 0.1) is 104 Å². The molecule has 5 aliphatic rings. The van der Waals surface area contributed by atoms with Crippen molar-refractivity contribution >= 4 is 162 Å². The summed E-state index contributed by atoms with van der Waals surface area (Å²) in [7, 11) is 0. The SMILES string of the molecule is Cc1cc(C)c(N2c3c(ccc4cccnc34)Oc3ccc4cccnc4c32)c(C)c1.Cc1cc(C)c(N2c3ccccc3Oc3c2oc2ccccc32)c(C)c1.Cc1cc(C)c(N2c3ccccc3Oc3oc4ccccc4c32)c(C)c1.Cc1cc(C)c(N2c3cccnc3Oc3ccc4ccccc4c32)c(C)c1.Cc1cc(C)c(N2c3ncc4ccccc4c3Oc3c2ncc2ccccc32)c(C)c1. The van der Waals surface area contributed by atoms with E-state index >= 15 is 0 Å². The molecule has 15 aromatic carbocycles. The maximum absolute atomic E-state index is 6.59. The molecule has 17 heteroatoms. The normalized spacial score (nSPS) is 12.6. The van der Waals surface area contributed by atoms with Crippen LogP contribution in [0.2, 0.25) is 0 Å². The van der Waals surface area contributed by atoms with E-state index in [0.29, 0.717) is 11.8 Å². The first-order valence-electron chi connectivity index (χ1n) is 47.6. The van der Waals surface area contributed by atoms with E-state index < -0.39 is 0 Å². The first-order valence-corrected chi connectivity index (χ1v) is 47.6. The lowest BCUT2D eigenvalue weighted by atomic mass is 10.00. The summed E-state index contributed by atoms with van der Waals surface area (Å²) in [5.41, 5.74) is 34.6. The number of para-hydroxylation sites is 6. The third kappa shape index (κ3) is 15.2. The van der Waals surface area contributed by atoms with Crippen molar-refractivity contribution in [1.82, 2.24) is 24.9 Å². The Hall–Kier alpha value is -17.6. The fourth-order valence-corrected chi connectivity index (χ4v) is 21.6. The second kappa shape index (κ2) is 35.2. The molecule has 17 nitrogen and oxygen atoms in total.